The zero-order valence-electron chi connectivity index (χ0n) is 11.4. The minimum absolute atomic E-state index is 0.346. The lowest BCUT2D eigenvalue weighted by Crippen LogP contribution is -2.53. The summed E-state index contributed by atoms with van der Waals surface area (Å²) in [4.78, 5) is 2.63. The van der Waals surface area contributed by atoms with Crippen LogP contribution in [0.15, 0.2) is 24.3 Å². The molecule has 1 heterocycles. The van der Waals surface area contributed by atoms with Gasteiger partial charge >= 0.3 is 0 Å². The van der Waals surface area contributed by atoms with Crippen molar-refractivity contribution in [1.82, 2.24) is 4.90 Å². The summed E-state index contributed by atoms with van der Waals surface area (Å²) in [6.45, 7) is 2.31. The van der Waals surface area contributed by atoms with Gasteiger partial charge in [-0.15, -0.1) is 0 Å². The molecule has 1 aliphatic carbocycles. The minimum Gasteiger partial charge on any atom is -0.327 e. The lowest BCUT2D eigenvalue weighted by atomic mass is 9.84. The molecule has 1 saturated heterocycles. The van der Waals surface area contributed by atoms with Crippen LogP contribution in [0.2, 0.25) is 5.02 Å². The number of benzene rings is 1. The number of nitrogens with two attached hydrogens (primary N) is 1. The van der Waals surface area contributed by atoms with Crippen molar-refractivity contribution >= 4 is 11.6 Å². The van der Waals surface area contributed by atoms with Crippen LogP contribution >= 0.6 is 11.6 Å². The highest BCUT2D eigenvalue weighted by Crippen LogP contribution is 2.30. The van der Waals surface area contributed by atoms with Crippen molar-refractivity contribution in [3.05, 3.63) is 34.9 Å². The molecule has 104 valence electrons. The predicted octanol–water partition coefficient (Wildman–Crippen LogP) is 3.08. The number of halogens is 1. The number of likely N-dealkylation sites (tertiary alicyclic amines) is 1. The Hall–Kier alpha value is -0.570. The van der Waals surface area contributed by atoms with E-state index in [1.807, 2.05) is 12.1 Å². The van der Waals surface area contributed by atoms with Gasteiger partial charge in [0.2, 0.25) is 0 Å². The maximum atomic E-state index is 6.25. The topological polar surface area (TPSA) is 29.3 Å². The SMILES string of the molecule is NC1CC(Cc2cccc(Cl)c2)CN(C2CCC2)C1. The smallest absolute Gasteiger partial charge is 0.0408 e. The second kappa shape index (κ2) is 5.82. The Labute approximate surface area is 120 Å². The molecule has 2 N–H and O–H groups in total. The van der Waals surface area contributed by atoms with E-state index in [0.29, 0.717) is 12.0 Å². The molecule has 1 saturated carbocycles. The number of nitrogens with zero attached hydrogens (tertiary/aromatic N) is 1. The van der Waals surface area contributed by atoms with Crippen LogP contribution in [0.1, 0.15) is 31.2 Å². The molecule has 0 aromatic heterocycles. The summed E-state index contributed by atoms with van der Waals surface area (Å²) in [6, 6.07) is 9.42. The van der Waals surface area contributed by atoms with E-state index in [0.717, 1.165) is 30.5 Å². The Bertz CT molecular complexity index is 431. The van der Waals surface area contributed by atoms with Gasteiger partial charge in [0.25, 0.3) is 0 Å². The van der Waals surface area contributed by atoms with Gasteiger partial charge in [0.15, 0.2) is 0 Å². The summed E-state index contributed by atoms with van der Waals surface area (Å²) in [5.74, 6) is 0.683. The molecule has 3 heteroatoms. The maximum absolute atomic E-state index is 6.25. The molecule has 0 bridgehead atoms. The third-order valence-corrected chi connectivity index (χ3v) is 4.84. The van der Waals surface area contributed by atoms with Crippen molar-refractivity contribution in [1.29, 1.82) is 0 Å². The third-order valence-electron chi connectivity index (χ3n) is 4.60. The van der Waals surface area contributed by atoms with Crippen LogP contribution in [0.4, 0.5) is 0 Å². The predicted molar refractivity (Wildman–Crippen MR) is 80.5 cm³/mol. The van der Waals surface area contributed by atoms with E-state index in [-0.39, 0.29) is 0 Å². The van der Waals surface area contributed by atoms with Gasteiger partial charge < -0.3 is 5.73 Å². The highest BCUT2D eigenvalue weighted by molar-refractivity contribution is 6.30. The van der Waals surface area contributed by atoms with Crippen LogP contribution in [-0.4, -0.2) is 30.1 Å². The molecular weight excluding hydrogens is 256 g/mol. The first-order valence-corrected chi connectivity index (χ1v) is 7.82. The molecule has 2 unspecified atom stereocenters. The molecule has 2 atom stereocenters. The van der Waals surface area contributed by atoms with E-state index in [2.05, 4.69) is 17.0 Å². The fraction of sp³-hybridized carbons (Fsp3) is 0.625. The van der Waals surface area contributed by atoms with Gasteiger partial charge in [-0.2, -0.15) is 0 Å². The summed E-state index contributed by atoms with van der Waals surface area (Å²) in [5, 5.41) is 0.841. The van der Waals surface area contributed by atoms with Gasteiger partial charge in [-0.25, -0.2) is 0 Å². The van der Waals surface area contributed by atoms with Gasteiger partial charge in [0.1, 0.15) is 0 Å². The molecule has 2 nitrogen and oxygen atoms in total. The van der Waals surface area contributed by atoms with Crippen LogP contribution in [0.25, 0.3) is 0 Å². The molecule has 1 aliphatic heterocycles. The Morgan fingerprint density at radius 3 is 2.79 bits per heavy atom. The van der Waals surface area contributed by atoms with Crippen LogP contribution in [0.5, 0.6) is 0 Å². The summed E-state index contributed by atoms with van der Waals surface area (Å²) >= 11 is 6.07. The quantitative estimate of drug-likeness (QED) is 0.921. The molecular formula is C16H23ClN2. The van der Waals surface area contributed by atoms with Crippen LogP contribution < -0.4 is 5.73 Å². The number of piperidine rings is 1. The van der Waals surface area contributed by atoms with Crippen molar-refractivity contribution in [2.45, 2.75) is 44.2 Å². The molecule has 2 aliphatic rings. The highest BCUT2D eigenvalue weighted by Gasteiger charge is 2.32. The van der Waals surface area contributed by atoms with Crippen molar-refractivity contribution < 1.29 is 0 Å². The number of hydrogen-bond donors (Lipinski definition) is 1. The second-order valence-electron chi connectivity index (χ2n) is 6.23. The average molecular weight is 279 g/mol. The first-order chi connectivity index (χ1) is 9.20. The number of rotatable bonds is 3. The first kappa shape index (κ1) is 13.4. The molecule has 2 fully saturated rings. The van der Waals surface area contributed by atoms with E-state index in [9.17, 15) is 0 Å². The highest BCUT2D eigenvalue weighted by atomic mass is 35.5. The fourth-order valence-corrected chi connectivity index (χ4v) is 3.69. The molecule has 0 spiro atoms. The molecule has 3 rings (SSSR count). The minimum atomic E-state index is 0.346. The lowest BCUT2D eigenvalue weighted by molar-refractivity contribution is 0.0669. The Morgan fingerprint density at radius 1 is 1.26 bits per heavy atom. The zero-order valence-corrected chi connectivity index (χ0v) is 12.1. The maximum Gasteiger partial charge on any atom is 0.0408 e. The van der Waals surface area contributed by atoms with E-state index in [1.165, 1.54) is 31.4 Å². The Balaban J connectivity index is 1.63. The van der Waals surface area contributed by atoms with Crippen molar-refractivity contribution in [3.8, 4) is 0 Å². The monoisotopic (exact) mass is 278 g/mol. The van der Waals surface area contributed by atoms with Gasteiger partial charge in [0, 0.05) is 30.2 Å². The summed E-state index contributed by atoms with van der Waals surface area (Å²) in [5.41, 5.74) is 7.60. The van der Waals surface area contributed by atoms with Crippen molar-refractivity contribution in [2.75, 3.05) is 13.1 Å². The largest absolute Gasteiger partial charge is 0.327 e. The first-order valence-electron chi connectivity index (χ1n) is 7.45. The Morgan fingerprint density at radius 2 is 2.11 bits per heavy atom. The van der Waals surface area contributed by atoms with Crippen LogP contribution in [-0.2, 0) is 6.42 Å². The van der Waals surface area contributed by atoms with E-state index < -0.39 is 0 Å². The zero-order chi connectivity index (χ0) is 13.2. The molecule has 19 heavy (non-hydrogen) atoms. The third kappa shape index (κ3) is 3.31. The molecule has 0 radical (unpaired) electrons. The van der Waals surface area contributed by atoms with E-state index in [4.69, 9.17) is 17.3 Å². The van der Waals surface area contributed by atoms with Gasteiger partial charge in [-0.1, -0.05) is 30.2 Å². The molecule has 0 amide bonds. The summed E-state index contributed by atoms with van der Waals surface area (Å²) in [7, 11) is 0. The van der Waals surface area contributed by atoms with Crippen molar-refractivity contribution in [2.24, 2.45) is 11.7 Å². The number of hydrogen-bond acceptors (Lipinski definition) is 2. The van der Waals surface area contributed by atoms with Gasteiger partial charge in [-0.05, 0) is 49.3 Å². The molecule has 1 aromatic rings. The normalized spacial score (nSPS) is 29.2. The van der Waals surface area contributed by atoms with Crippen LogP contribution in [0.3, 0.4) is 0 Å². The van der Waals surface area contributed by atoms with E-state index in [1.54, 1.807) is 0 Å². The molecule has 1 aromatic carbocycles. The lowest BCUT2D eigenvalue weighted by Gasteiger charge is -2.44. The van der Waals surface area contributed by atoms with Crippen LogP contribution in [0, 0.1) is 5.92 Å². The Kier molecular flexibility index (Phi) is 4.11. The summed E-state index contributed by atoms with van der Waals surface area (Å²) < 4.78 is 0. The summed E-state index contributed by atoms with van der Waals surface area (Å²) in [6.07, 6.45) is 6.40. The standard InChI is InChI=1S/C16H23ClN2/c17-14-4-1-3-12(8-14)7-13-9-15(18)11-19(10-13)16-5-2-6-16/h1,3-4,8,13,15-16H,2,5-7,9-11,18H2. The second-order valence-corrected chi connectivity index (χ2v) is 6.67. The van der Waals surface area contributed by atoms with E-state index >= 15 is 0 Å². The van der Waals surface area contributed by atoms with Gasteiger partial charge in [0.05, 0.1) is 0 Å². The van der Waals surface area contributed by atoms with Crippen molar-refractivity contribution in [3.63, 3.8) is 0 Å². The average Bonchev–Trinajstić information content (AvgIpc) is 2.25. The fourth-order valence-electron chi connectivity index (χ4n) is 3.48. The van der Waals surface area contributed by atoms with Gasteiger partial charge in [-0.3, -0.25) is 4.90 Å².